The number of aryl methyl sites for hydroxylation is 1. The first kappa shape index (κ1) is 16.0. The topological polar surface area (TPSA) is 49.4 Å². The lowest BCUT2D eigenvalue weighted by molar-refractivity contribution is -0.134. The number of hydrogen-bond acceptors (Lipinski definition) is 2. The number of likely N-dealkylation sites (N-methyl/N-ethyl adjacent to an activating group) is 1. The lowest BCUT2D eigenvalue weighted by Crippen LogP contribution is -2.39. The summed E-state index contributed by atoms with van der Waals surface area (Å²) in [7, 11) is 0. The first-order valence-electron chi connectivity index (χ1n) is 6.96. The number of nitrogens with one attached hydrogen (secondary N) is 1. The van der Waals surface area contributed by atoms with Gasteiger partial charge in [-0.15, -0.1) is 0 Å². The zero-order valence-corrected chi connectivity index (χ0v) is 13.2. The molecule has 5 heteroatoms. The van der Waals surface area contributed by atoms with Crippen LogP contribution in [-0.4, -0.2) is 18.4 Å². The Labute approximate surface area is 134 Å². The van der Waals surface area contributed by atoms with Gasteiger partial charge in [-0.1, -0.05) is 29.8 Å². The van der Waals surface area contributed by atoms with Crippen molar-refractivity contribution >= 4 is 34.8 Å². The molecule has 0 unspecified atom stereocenters. The molecule has 0 aliphatic carbocycles. The first-order valence-corrected chi connectivity index (χ1v) is 7.34. The summed E-state index contributed by atoms with van der Waals surface area (Å²) < 4.78 is 0. The van der Waals surface area contributed by atoms with Crippen LogP contribution in [0.25, 0.3) is 0 Å². The minimum atomic E-state index is -0.689. The Bertz CT molecular complexity index is 701. The predicted octanol–water partition coefficient (Wildman–Crippen LogP) is 3.64. The van der Waals surface area contributed by atoms with Crippen LogP contribution in [0.3, 0.4) is 0 Å². The van der Waals surface area contributed by atoms with Crippen molar-refractivity contribution in [2.45, 2.75) is 13.8 Å². The van der Waals surface area contributed by atoms with Crippen LogP contribution in [0.5, 0.6) is 0 Å². The first-order chi connectivity index (χ1) is 10.5. The van der Waals surface area contributed by atoms with Gasteiger partial charge in [0.1, 0.15) is 0 Å². The number of hydrogen-bond donors (Lipinski definition) is 1. The molecule has 0 bridgehead atoms. The summed E-state index contributed by atoms with van der Waals surface area (Å²) in [4.78, 5) is 25.9. The fourth-order valence-corrected chi connectivity index (χ4v) is 2.30. The van der Waals surface area contributed by atoms with Crippen molar-refractivity contribution in [3.8, 4) is 0 Å². The zero-order chi connectivity index (χ0) is 16.1. The van der Waals surface area contributed by atoms with Crippen LogP contribution in [0.1, 0.15) is 12.5 Å². The van der Waals surface area contributed by atoms with Gasteiger partial charge in [0.25, 0.3) is 0 Å². The number of halogens is 1. The molecule has 0 aliphatic heterocycles. The highest BCUT2D eigenvalue weighted by atomic mass is 35.5. The average molecular weight is 317 g/mol. The second-order valence-corrected chi connectivity index (χ2v) is 5.29. The monoisotopic (exact) mass is 316 g/mol. The van der Waals surface area contributed by atoms with Crippen LogP contribution in [-0.2, 0) is 9.59 Å². The summed E-state index contributed by atoms with van der Waals surface area (Å²) in [6.45, 7) is 4.17. The number of anilines is 2. The van der Waals surface area contributed by atoms with E-state index >= 15 is 0 Å². The molecule has 0 aromatic heterocycles. The normalized spacial score (nSPS) is 10.1. The molecule has 22 heavy (non-hydrogen) atoms. The van der Waals surface area contributed by atoms with E-state index in [1.54, 1.807) is 30.3 Å². The van der Waals surface area contributed by atoms with E-state index in [-0.39, 0.29) is 0 Å². The smallest absolute Gasteiger partial charge is 0.316 e. The Morgan fingerprint density at radius 3 is 2.50 bits per heavy atom. The molecular weight excluding hydrogens is 300 g/mol. The van der Waals surface area contributed by atoms with Crippen LogP contribution < -0.4 is 10.2 Å². The van der Waals surface area contributed by atoms with Crippen molar-refractivity contribution in [2.24, 2.45) is 0 Å². The van der Waals surface area contributed by atoms with E-state index < -0.39 is 11.8 Å². The molecule has 0 radical (unpaired) electrons. The third kappa shape index (κ3) is 3.86. The number of rotatable bonds is 3. The van der Waals surface area contributed by atoms with Gasteiger partial charge < -0.3 is 10.2 Å². The van der Waals surface area contributed by atoms with Crippen LogP contribution >= 0.6 is 11.6 Å². The Hall–Kier alpha value is -2.33. The Morgan fingerprint density at radius 1 is 1.14 bits per heavy atom. The second-order valence-electron chi connectivity index (χ2n) is 4.85. The van der Waals surface area contributed by atoms with Crippen molar-refractivity contribution in [1.82, 2.24) is 0 Å². The van der Waals surface area contributed by atoms with E-state index in [4.69, 9.17) is 11.6 Å². The average Bonchev–Trinajstić information content (AvgIpc) is 2.48. The van der Waals surface area contributed by atoms with Crippen LogP contribution in [0, 0.1) is 6.92 Å². The standard InChI is InChI=1S/C17H17ClN2O2/c1-3-20(15-9-4-6-12(2)10-15)17(22)16(21)19-14-8-5-7-13(18)11-14/h4-11H,3H2,1-2H3,(H,19,21). The van der Waals surface area contributed by atoms with Crippen LogP contribution in [0.2, 0.25) is 5.02 Å². The summed E-state index contributed by atoms with van der Waals surface area (Å²) in [5.74, 6) is -1.29. The van der Waals surface area contributed by atoms with E-state index in [0.717, 1.165) is 5.56 Å². The third-order valence-corrected chi connectivity index (χ3v) is 3.39. The molecule has 0 atom stereocenters. The number of carbonyl (C=O) groups excluding carboxylic acids is 2. The lowest BCUT2D eigenvalue weighted by Gasteiger charge is -2.20. The van der Waals surface area contributed by atoms with Crippen molar-refractivity contribution in [2.75, 3.05) is 16.8 Å². The van der Waals surface area contributed by atoms with Crippen molar-refractivity contribution in [3.63, 3.8) is 0 Å². The summed E-state index contributed by atoms with van der Waals surface area (Å²) in [5, 5.41) is 3.06. The molecule has 114 valence electrons. The SMILES string of the molecule is CCN(C(=O)C(=O)Nc1cccc(Cl)c1)c1cccc(C)c1. The molecular formula is C17H17ClN2O2. The molecule has 0 spiro atoms. The molecule has 2 aromatic rings. The Morgan fingerprint density at radius 2 is 1.86 bits per heavy atom. The predicted molar refractivity (Wildman–Crippen MR) is 89.3 cm³/mol. The van der Waals surface area contributed by atoms with Gasteiger partial charge in [0.05, 0.1) is 0 Å². The van der Waals surface area contributed by atoms with Gasteiger partial charge in [-0.05, 0) is 49.7 Å². The van der Waals surface area contributed by atoms with Gasteiger partial charge in [-0.25, -0.2) is 0 Å². The molecule has 2 amide bonds. The van der Waals surface area contributed by atoms with E-state index in [9.17, 15) is 9.59 Å². The lowest BCUT2D eigenvalue weighted by atomic mass is 10.2. The minimum Gasteiger partial charge on any atom is -0.318 e. The molecule has 0 saturated carbocycles. The van der Waals surface area contributed by atoms with Gasteiger partial charge in [0.15, 0.2) is 0 Å². The fraction of sp³-hybridized carbons (Fsp3) is 0.176. The van der Waals surface area contributed by atoms with E-state index in [2.05, 4.69) is 5.32 Å². The van der Waals surface area contributed by atoms with Crippen molar-refractivity contribution in [3.05, 3.63) is 59.1 Å². The van der Waals surface area contributed by atoms with E-state index in [1.807, 2.05) is 32.0 Å². The highest BCUT2D eigenvalue weighted by Gasteiger charge is 2.22. The maximum atomic E-state index is 12.4. The highest BCUT2D eigenvalue weighted by Crippen LogP contribution is 2.18. The molecule has 0 saturated heterocycles. The van der Waals surface area contributed by atoms with Crippen molar-refractivity contribution in [1.29, 1.82) is 0 Å². The summed E-state index contributed by atoms with van der Waals surface area (Å²) in [5.41, 5.74) is 2.22. The van der Waals surface area contributed by atoms with E-state index in [0.29, 0.717) is 22.9 Å². The highest BCUT2D eigenvalue weighted by molar-refractivity contribution is 6.44. The number of carbonyl (C=O) groups is 2. The molecule has 0 fully saturated rings. The molecule has 0 aliphatic rings. The number of nitrogens with zero attached hydrogens (tertiary/aromatic N) is 1. The number of amides is 2. The molecule has 2 rings (SSSR count). The quantitative estimate of drug-likeness (QED) is 0.879. The molecule has 0 heterocycles. The second kappa shape index (κ2) is 7.09. The van der Waals surface area contributed by atoms with Gasteiger partial charge in [-0.3, -0.25) is 9.59 Å². The summed E-state index contributed by atoms with van der Waals surface area (Å²) in [6.07, 6.45) is 0. The molecule has 2 aromatic carbocycles. The minimum absolute atomic E-state index is 0.408. The van der Waals surface area contributed by atoms with Gasteiger partial charge in [-0.2, -0.15) is 0 Å². The fourth-order valence-electron chi connectivity index (χ4n) is 2.11. The van der Waals surface area contributed by atoms with Gasteiger partial charge in [0.2, 0.25) is 0 Å². The van der Waals surface area contributed by atoms with Crippen LogP contribution in [0.4, 0.5) is 11.4 Å². The Kier molecular flexibility index (Phi) is 5.17. The largest absolute Gasteiger partial charge is 0.318 e. The van der Waals surface area contributed by atoms with Crippen molar-refractivity contribution < 1.29 is 9.59 Å². The maximum Gasteiger partial charge on any atom is 0.316 e. The number of benzene rings is 2. The molecule has 4 nitrogen and oxygen atoms in total. The van der Waals surface area contributed by atoms with Gasteiger partial charge >= 0.3 is 11.8 Å². The van der Waals surface area contributed by atoms with E-state index in [1.165, 1.54) is 4.90 Å². The van der Waals surface area contributed by atoms with Crippen LogP contribution in [0.15, 0.2) is 48.5 Å². The maximum absolute atomic E-state index is 12.4. The molecule has 1 N–H and O–H groups in total. The Balaban J connectivity index is 2.16. The summed E-state index contributed by atoms with van der Waals surface area (Å²) in [6, 6.07) is 14.2. The third-order valence-electron chi connectivity index (χ3n) is 3.15. The van der Waals surface area contributed by atoms with Gasteiger partial charge in [0, 0.05) is 22.9 Å². The summed E-state index contributed by atoms with van der Waals surface area (Å²) >= 11 is 5.86. The zero-order valence-electron chi connectivity index (χ0n) is 12.5.